The summed E-state index contributed by atoms with van der Waals surface area (Å²) in [7, 11) is 3.70. The molecule has 0 spiro atoms. The van der Waals surface area contributed by atoms with Crippen molar-refractivity contribution in [1.82, 2.24) is 4.90 Å². The summed E-state index contributed by atoms with van der Waals surface area (Å²) < 4.78 is 10.8. The molecule has 0 N–H and O–H groups in total. The number of likely N-dealkylation sites (N-methyl/N-ethyl adjacent to an activating group) is 1. The van der Waals surface area contributed by atoms with Crippen molar-refractivity contribution in [2.24, 2.45) is 4.99 Å². The lowest BCUT2D eigenvalue weighted by Gasteiger charge is -2.16. The molecule has 1 aromatic rings. The molecule has 0 amide bonds. The Morgan fingerprint density at radius 1 is 1.35 bits per heavy atom. The van der Waals surface area contributed by atoms with Crippen LogP contribution >= 0.6 is 0 Å². The van der Waals surface area contributed by atoms with E-state index in [-0.39, 0.29) is 0 Å². The van der Waals surface area contributed by atoms with Gasteiger partial charge in [0.25, 0.3) is 0 Å². The van der Waals surface area contributed by atoms with E-state index in [9.17, 15) is 0 Å². The Labute approximate surface area is 102 Å². The van der Waals surface area contributed by atoms with Gasteiger partial charge in [-0.05, 0) is 25.1 Å². The van der Waals surface area contributed by atoms with E-state index in [1.807, 2.05) is 25.1 Å². The predicted molar refractivity (Wildman–Crippen MR) is 68.2 cm³/mol. The summed E-state index contributed by atoms with van der Waals surface area (Å²) in [5, 5.41) is 0. The molecule has 0 saturated heterocycles. The van der Waals surface area contributed by atoms with Crippen molar-refractivity contribution < 1.29 is 9.47 Å². The van der Waals surface area contributed by atoms with E-state index < -0.39 is 0 Å². The molecule has 0 bridgehead atoms. The first kappa shape index (κ1) is 11.8. The lowest BCUT2D eigenvalue weighted by atomic mass is 10.1. The molecule has 17 heavy (non-hydrogen) atoms. The van der Waals surface area contributed by atoms with Gasteiger partial charge in [0.2, 0.25) is 0 Å². The van der Waals surface area contributed by atoms with Crippen LogP contribution in [0, 0.1) is 0 Å². The number of rotatable bonds is 4. The standard InChI is InChI=1S/C13H18N2O2/c1-4-17-11-6-5-10(9-12(11)16-3)13-14-7-8-15(13)2/h5-6,9H,4,7-8H2,1-3H3. The van der Waals surface area contributed by atoms with E-state index in [0.29, 0.717) is 6.61 Å². The molecule has 4 nitrogen and oxygen atoms in total. The van der Waals surface area contributed by atoms with Crippen molar-refractivity contribution in [3.05, 3.63) is 23.8 Å². The molecule has 1 aliphatic heterocycles. The van der Waals surface area contributed by atoms with Crippen molar-refractivity contribution in [3.8, 4) is 11.5 Å². The van der Waals surface area contributed by atoms with Crippen LogP contribution in [-0.2, 0) is 0 Å². The number of methoxy groups -OCH3 is 1. The fourth-order valence-corrected chi connectivity index (χ4v) is 1.93. The monoisotopic (exact) mass is 234 g/mol. The van der Waals surface area contributed by atoms with Gasteiger partial charge in [0.05, 0.1) is 20.3 Å². The largest absolute Gasteiger partial charge is 0.493 e. The van der Waals surface area contributed by atoms with Crippen molar-refractivity contribution in [3.63, 3.8) is 0 Å². The molecule has 0 aromatic heterocycles. The summed E-state index contributed by atoms with van der Waals surface area (Å²) in [6, 6.07) is 5.94. The first-order valence-corrected chi connectivity index (χ1v) is 5.83. The van der Waals surface area contributed by atoms with Gasteiger partial charge in [-0.1, -0.05) is 0 Å². The molecule has 0 aliphatic carbocycles. The van der Waals surface area contributed by atoms with Crippen molar-refractivity contribution >= 4 is 5.84 Å². The van der Waals surface area contributed by atoms with Crippen LogP contribution in [0.1, 0.15) is 12.5 Å². The molecular weight excluding hydrogens is 216 g/mol. The maximum absolute atomic E-state index is 5.49. The fraction of sp³-hybridized carbons (Fsp3) is 0.462. The average molecular weight is 234 g/mol. The van der Waals surface area contributed by atoms with Gasteiger partial charge in [-0.25, -0.2) is 0 Å². The highest BCUT2D eigenvalue weighted by atomic mass is 16.5. The summed E-state index contributed by atoms with van der Waals surface area (Å²) in [6.07, 6.45) is 0. The molecule has 92 valence electrons. The Morgan fingerprint density at radius 3 is 2.76 bits per heavy atom. The van der Waals surface area contributed by atoms with E-state index in [1.165, 1.54) is 0 Å². The molecule has 2 rings (SSSR count). The van der Waals surface area contributed by atoms with Crippen molar-refractivity contribution in [1.29, 1.82) is 0 Å². The van der Waals surface area contributed by atoms with Gasteiger partial charge < -0.3 is 14.4 Å². The zero-order chi connectivity index (χ0) is 12.3. The van der Waals surface area contributed by atoms with Crippen LogP contribution in [-0.4, -0.2) is 44.6 Å². The lowest BCUT2D eigenvalue weighted by molar-refractivity contribution is 0.311. The van der Waals surface area contributed by atoms with Crippen LogP contribution in [0.15, 0.2) is 23.2 Å². The maximum Gasteiger partial charge on any atom is 0.161 e. The Hall–Kier alpha value is -1.71. The van der Waals surface area contributed by atoms with Crippen LogP contribution in [0.5, 0.6) is 11.5 Å². The minimum atomic E-state index is 0.635. The predicted octanol–water partition coefficient (Wildman–Crippen LogP) is 1.79. The third kappa shape index (κ3) is 2.35. The highest BCUT2D eigenvalue weighted by Gasteiger charge is 2.16. The summed E-state index contributed by atoms with van der Waals surface area (Å²) >= 11 is 0. The third-order valence-corrected chi connectivity index (χ3v) is 2.78. The highest BCUT2D eigenvalue weighted by molar-refractivity contribution is 6.00. The number of nitrogens with zero attached hydrogens (tertiary/aromatic N) is 2. The molecule has 1 heterocycles. The van der Waals surface area contributed by atoms with E-state index in [0.717, 1.165) is 36.0 Å². The molecule has 0 unspecified atom stereocenters. The number of benzene rings is 1. The molecule has 0 saturated carbocycles. The normalized spacial score (nSPS) is 14.8. The second kappa shape index (κ2) is 5.08. The Bertz CT molecular complexity index is 429. The number of aliphatic imine (C=N–C) groups is 1. The summed E-state index contributed by atoms with van der Waals surface area (Å²) in [4.78, 5) is 6.63. The van der Waals surface area contributed by atoms with E-state index >= 15 is 0 Å². The topological polar surface area (TPSA) is 34.1 Å². The van der Waals surface area contributed by atoms with Gasteiger partial charge in [0, 0.05) is 19.2 Å². The first-order chi connectivity index (χ1) is 8.26. The van der Waals surface area contributed by atoms with Crippen LogP contribution in [0.25, 0.3) is 0 Å². The van der Waals surface area contributed by atoms with Crippen molar-refractivity contribution in [2.75, 3.05) is 33.9 Å². The number of hydrogen-bond acceptors (Lipinski definition) is 4. The summed E-state index contributed by atoms with van der Waals surface area (Å²) in [5.74, 6) is 2.55. The minimum absolute atomic E-state index is 0.635. The van der Waals surface area contributed by atoms with Crippen LogP contribution in [0.2, 0.25) is 0 Å². The number of ether oxygens (including phenoxy) is 2. The van der Waals surface area contributed by atoms with E-state index in [4.69, 9.17) is 9.47 Å². The number of amidine groups is 1. The Kier molecular flexibility index (Phi) is 3.52. The lowest BCUT2D eigenvalue weighted by Crippen LogP contribution is -2.23. The summed E-state index contributed by atoms with van der Waals surface area (Å²) in [6.45, 7) is 4.44. The third-order valence-electron chi connectivity index (χ3n) is 2.78. The fourth-order valence-electron chi connectivity index (χ4n) is 1.93. The van der Waals surface area contributed by atoms with Gasteiger partial charge in [-0.15, -0.1) is 0 Å². The second-order valence-corrected chi connectivity index (χ2v) is 3.93. The first-order valence-electron chi connectivity index (χ1n) is 5.83. The molecule has 4 heteroatoms. The SMILES string of the molecule is CCOc1ccc(C2=NCCN2C)cc1OC. The smallest absolute Gasteiger partial charge is 0.161 e. The quantitative estimate of drug-likeness (QED) is 0.796. The van der Waals surface area contributed by atoms with Crippen LogP contribution in [0.3, 0.4) is 0 Å². The molecule has 0 fully saturated rings. The maximum atomic E-state index is 5.49. The van der Waals surface area contributed by atoms with E-state index in [1.54, 1.807) is 7.11 Å². The molecule has 1 aliphatic rings. The van der Waals surface area contributed by atoms with Gasteiger partial charge in [-0.2, -0.15) is 0 Å². The Morgan fingerprint density at radius 2 is 2.18 bits per heavy atom. The van der Waals surface area contributed by atoms with Crippen LogP contribution < -0.4 is 9.47 Å². The van der Waals surface area contributed by atoms with Gasteiger partial charge in [0.1, 0.15) is 5.84 Å². The van der Waals surface area contributed by atoms with Gasteiger partial charge in [0.15, 0.2) is 11.5 Å². The zero-order valence-electron chi connectivity index (χ0n) is 10.6. The minimum Gasteiger partial charge on any atom is -0.493 e. The number of hydrogen-bond donors (Lipinski definition) is 0. The molecular formula is C13H18N2O2. The van der Waals surface area contributed by atoms with Crippen molar-refractivity contribution in [2.45, 2.75) is 6.92 Å². The zero-order valence-corrected chi connectivity index (χ0v) is 10.6. The molecule has 1 aromatic carbocycles. The average Bonchev–Trinajstić information content (AvgIpc) is 2.76. The van der Waals surface area contributed by atoms with Gasteiger partial charge >= 0.3 is 0 Å². The van der Waals surface area contributed by atoms with Crippen LogP contribution in [0.4, 0.5) is 0 Å². The highest BCUT2D eigenvalue weighted by Crippen LogP contribution is 2.29. The molecule has 0 radical (unpaired) electrons. The van der Waals surface area contributed by atoms with Gasteiger partial charge in [-0.3, -0.25) is 4.99 Å². The van der Waals surface area contributed by atoms with E-state index in [2.05, 4.69) is 16.9 Å². The molecule has 0 atom stereocenters. The second-order valence-electron chi connectivity index (χ2n) is 3.93. The Balaban J connectivity index is 2.31. The summed E-state index contributed by atoms with van der Waals surface area (Å²) in [5.41, 5.74) is 1.07.